The van der Waals surface area contributed by atoms with Gasteiger partial charge in [-0.15, -0.1) is 0 Å². The molecule has 0 aliphatic heterocycles. The summed E-state index contributed by atoms with van der Waals surface area (Å²) in [6.45, 7) is 2.03. The molecule has 0 spiro atoms. The van der Waals surface area contributed by atoms with Gasteiger partial charge in [-0.3, -0.25) is 0 Å². The molecule has 2 N–H and O–H groups in total. The summed E-state index contributed by atoms with van der Waals surface area (Å²) in [6, 6.07) is 0. The topological polar surface area (TPSA) is 64.9 Å². The van der Waals surface area contributed by atoms with E-state index in [1.54, 1.807) is 0 Å². The Morgan fingerprint density at radius 2 is 1.45 bits per heavy atom. The minimum atomic E-state index is -0.379. The van der Waals surface area contributed by atoms with E-state index in [1.165, 1.54) is 57.8 Å². The van der Waals surface area contributed by atoms with Crippen LogP contribution in [0.4, 0.5) is 0 Å². The summed E-state index contributed by atoms with van der Waals surface area (Å²) in [6.07, 6.45) is 14.5. The first-order valence-corrected chi connectivity index (χ1v) is 8.36. The van der Waals surface area contributed by atoms with Crippen molar-refractivity contribution >= 4 is 0 Å². The maximum absolute atomic E-state index is 6.64. The van der Waals surface area contributed by atoms with Gasteiger partial charge in [0.2, 0.25) is 5.89 Å². The monoisotopic (exact) mass is 279 g/mol. The average molecular weight is 279 g/mol. The van der Waals surface area contributed by atoms with Gasteiger partial charge in [0.25, 0.3) is 0 Å². The van der Waals surface area contributed by atoms with Gasteiger partial charge in [-0.25, -0.2) is 0 Å². The molecule has 0 aromatic carbocycles. The Kier molecular flexibility index (Phi) is 6.02. The molecule has 0 amide bonds. The van der Waals surface area contributed by atoms with E-state index >= 15 is 0 Å². The van der Waals surface area contributed by atoms with Crippen molar-refractivity contribution in [3.05, 3.63) is 11.7 Å². The number of aryl methyl sites for hydroxylation is 1. The highest BCUT2D eigenvalue weighted by atomic mass is 16.5. The first kappa shape index (κ1) is 15.5. The molecule has 1 saturated carbocycles. The summed E-state index contributed by atoms with van der Waals surface area (Å²) in [7, 11) is 0. The third-order valence-electron chi connectivity index (χ3n) is 4.46. The van der Waals surface area contributed by atoms with Crippen LogP contribution in [0.2, 0.25) is 0 Å². The van der Waals surface area contributed by atoms with Crippen LogP contribution in [-0.2, 0) is 12.0 Å². The van der Waals surface area contributed by atoms with E-state index in [-0.39, 0.29) is 5.54 Å². The van der Waals surface area contributed by atoms with Crippen molar-refractivity contribution in [2.45, 2.75) is 89.5 Å². The summed E-state index contributed by atoms with van der Waals surface area (Å²) >= 11 is 0. The molecule has 0 saturated heterocycles. The molecule has 0 unspecified atom stereocenters. The van der Waals surface area contributed by atoms with Crippen molar-refractivity contribution in [2.75, 3.05) is 0 Å². The van der Waals surface area contributed by atoms with Crippen molar-refractivity contribution in [3.63, 3.8) is 0 Å². The Morgan fingerprint density at radius 3 is 1.90 bits per heavy atom. The molecular formula is C16H29N3O. The lowest BCUT2D eigenvalue weighted by molar-refractivity contribution is 0.301. The maximum Gasteiger partial charge on any atom is 0.226 e. The zero-order valence-corrected chi connectivity index (χ0v) is 12.9. The summed E-state index contributed by atoms with van der Waals surface area (Å²) in [5, 5.41) is 4.14. The van der Waals surface area contributed by atoms with Crippen molar-refractivity contribution in [3.8, 4) is 0 Å². The van der Waals surface area contributed by atoms with Crippen molar-refractivity contribution in [2.24, 2.45) is 5.73 Å². The minimum Gasteiger partial charge on any atom is -0.339 e. The van der Waals surface area contributed by atoms with Crippen LogP contribution in [0.25, 0.3) is 0 Å². The fraction of sp³-hybridized carbons (Fsp3) is 0.875. The lowest BCUT2D eigenvalue weighted by Crippen LogP contribution is -2.38. The molecule has 0 bridgehead atoms. The van der Waals surface area contributed by atoms with E-state index in [9.17, 15) is 0 Å². The standard InChI is InChI=1S/C16H29N3O/c1-2-14-18-15(19-20-14)16(17)12-10-8-6-4-3-5-7-9-11-13-16/h2-13,17H2,1H3. The molecule has 1 aliphatic carbocycles. The minimum absolute atomic E-state index is 0.379. The molecule has 114 valence electrons. The number of hydrogen-bond acceptors (Lipinski definition) is 4. The van der Waals surface area contributed by atoms with Gasteiger partial charge >= 0.3 is 0 Å². The Morgan fingerprint density at radius 1 is 0.950 bits per heavy atom. The maximum atomic E-state index is 6.64. The van der Waals surface area contributed by atoms with E-state index in [0.717, 1.165) is 25.1 Å². The molecule has 2 rings (SSSR count). The second-order valence-electron chi connectivity index (χ2n) is 6.20. The fourth-order valence-electron chi connectivity index (χ4n) is 3.07. The van der Waals surface area contributed by atoms with Crippen LogP contribution in [0.15, 0.2) is 4.52 Å². The van der Waals surface area contributed by atoms with Crippen molar-refractivity contribution in [1.82, 2.24) is 10.1 Å². The van der Waals surface area contributed by atoms with Gasteiger partial charge in [0.05, 0.1) is 5.54 Å². The highest BCUT2D eigenvalue weighted by Crippen LogP contribution is 2.30. The van der Waals surface area contributed by atoms with Crippen LogP contribution in [0.5, 0.6) is 0 Å². The van der Waals surface area contributed by atoms with E-state index < -0.39 is 0 Å². The number of nitrogens with two attached hydrogens (primary N) is 1. The first-order chi connectivity index (χ1) is 9.74. The number of nitrogens with zero attached hydrogens (tertiary/aromatic N) is 2. The molecule has 4 heteroatoms. The zero-order chi connectivity index (χ0) is 14.3. The SMILES string of the molecule is CCc1nc(C2(N)CCCCCCCCCCC2)no1. The second-order valence-corrected chi connectivity index (χ2v) is 6.20. The Balaban J connectivity index is 2.02. The van der Waals surface area contributed by atoms with Gasteiger partial charge in [-0.2, -0.15) is 4.98 Å². The summed E-state index contributed by atoms with van der Waals surface area (Å²) in [4.78, 5) is 4.49. The van der Waals surface area contributed by atoms with Crippen LogP contribution in [0.1, 0.15) is 89.3 Å². The first-order valence-electron chi connectivity index (χ1n) is 8.36. The second kappa shape index (κ2) is 7.77. The predicted molar refractivity (Wildman–Crippen MR) is 80.3 cm³/mol. The molecule has 20 heavy (non-hydrogen) atoms. The summed E-state index contributed by atoms with van der Waals surface area (Å²) < 4.78 is 5.26. The molecule has 1 heterocycles. The van der Waals surface area contributed by atoms with Gasteiger partial charge < -0.3 is 10.3 Å². The lowest BCUT2D eigenvalue weighted by Gasteiger charge is -2.26. The van der Waals surface area contributed by atoms with Gasteiger partial charge in [0.1, 0.15) is 0 Å². The number of hydrogen-bond donors (Lipinski definition) is 1. The molecule has 1 aliphatic rings. The van der Waals surface area contributed by atoms with Gasteiger partial charge in [-0.1, -0.05) is 69.9 Å². The Hall–Kier alpha value is -0.900. The summed E-state index contributed by atoms with van der Waals surface area (Å²) in [5.74, 6) is 1.43. The van der Waals surface area contributed by atoms with Crippen molar-refractivity contribution in [1.29, 1.82) is 0 Å². The number of aromatic nitrogens is 2. The van der Waals surface area contributed by atoms with E-state index in [4.69, 9.17) is 10.3 Å². The number of rotatable bonds is 2. The lowest BCUT2D eigenvalue weighted by atomic mass is 9.86. The molecule has 1 aromatic rings. The molecule has 4 nitrogen and oxygen atoms in total. The molecular weight excluding hydrogens is 250 g/mol. The normalized spacial score (nSPS) is 21.9. The predicted octanol–water partition coefficient (Wildman–Crippen LogP) is 4.09. The molecule has 1 aromatic heterocycles. The van der Waals surface area contributed by atoms with E-state index in [0.29, 0.717) is 5.89 Å². The third-order valence-corrected chi connectivity index (χ3v) is 4.46. The van der Waals surface area contributed by atoms with Gasteiger partial charge in [0.15, 0.2) is 5.82 Å². The fourth-order valence-corrected chi connectivity index (χ4v) is 3.07. The zero-order valence-electron chi connectivity index (χ0n) is 12.9. The van der Waals surface area contributed by atoms with Crippen molar-refractivity contribution < 1.29 is 4.52 Å². The van der Waals surface area contributed by atoms with E-state index in [1.807, 2.05) is 6.92 Å². The third kappa shape index (κ3) is 4.30. The van der Waals surface area contributed by atoms with E-state index in [2.05, 4.69) is 10.1 Å². The van der Waals surface area contributed by atoms with Crippen LogP contribution in [0.3, 0.4) is 0 Å². The van der Waals surface area contributed by atoms with Gasteiger partial charge in [-0.05, 0) is 12.8 Å². The molecule has 1 fully saturated rings. The van der Waals surface area contributed by atoms with Crippen LogP contribution < -0.4 is 5.73 Å². The quantitative estimate of drug-likeness (QED) is 0.885. The Labute approximate surface area is 122 Å². The molecule has 0 radical (unpaired) electrons. The molecule has 0 atom stereocenters. The highest BCUT2D eigenvalue weighted by molar-refractivity contribution is 5.04. The van der Waals surface area contributed by atoms with Crippen LogP contribution in [0, 0.1) is 0 Å². The smallest absolute Gasteiger partial charge is 0.226 e. The summed E-state index contributed by atoms with van der Waals surface area (Å²) in [5.41, 5.74) is 6.26. The Bertz CT molecular complexity index is 377. The van der Waals surface area contributed by atoms with Crippen LogP contribution in [-0.4, -0.2) is 10.1 Å². The average Bonchev–Trinajstić information content (AvgIpc) is 2.92. The van der Waals surface area contributed by atoms with Gasteiger partial charge in [0, 0.05) is 6.42 Å². The van der Waals surface area contributed by atoms with Crippen LogP contribution >= 0.6 is 0 Å². The highest BCUT2D eigenvalue weighted by Gasteiger charge is 2.31. The largest absolute Gasteiger partial charge is 0.339 e.